The molecule has 174 valence electrons. The number of amides is 2. The molecule has 0 saturated carbocycles. The van der Waals surface area contributed by atoms with E-state index in [-0.39, 0.29) is 5.75 Å². The van der Waals surface area contributed by atoms with E-state index >= 15 is 0 Å². The first-order chi connectivity index (χ1) is 16.3. The Morgan fingerprint density at radius 3 is 2.41 bits per heavy atom. The van der Waals surface area contributed by atoms with Gasteiger partial charge >= 0.3 is 17.8 Å². The van der Waals surface area contributed by atoms with Crippen LogP contribution in [-0.2, 0) is 9.59 Å². The number of rotatable bonds is 6. The summed E-state index contributed by atoms with van der Waals surface area (Å²) in [5.41, 5.74) is 4.07. The molecule has 0 aliphatic carbocycles. The molecule has 34 heavy (non-hydrogen) atoms. The first-order valence-corrected chi connectivity index (χ1v) is 11.0. The zero-order valence-corrected chi connectivity index (χ0v) is 20.4. The zero-order chi connectivity index (χ0) is 24.7. The van der Waals surface area contributed by atoms with E-state index in [1.54, 1.807) is 54.6 Å². The van der Waals surface area contributed by atoms with E-state index in [9.17, 15) is 14.4 Å². The summed E-state index contributed by atoms with van der Waals surface area (Å²) in [5.74, 6) is -1.67. The van der Waals surface area contributed by atoms with Gasteiger partial charge in [-0.1, -0.05) is 33.6 Å². The number of carbonyl (C=O) groups is 3. The van der Waals surface area contributed by atoms with Crippen LogP contribution in [0.25, 0.3) is 0 Å². The molecule has 0 aromatic heterocycles. The lowest BCUT2D eigenvalue weighted by atomic mass is 10.2. The molecule has 3 aromatic rings. The topological polar surface area (TPSA) is 106 Å². The van der Waals surface area contributed by atoms with Gasteiger partial charge in [-0.15, -0.1) is 0 Å². The summed E-state index contributed by atoms with van der Waals surface area (Å²) < 4.78 is 11.2. The van der Waals surface area contributed by atoms with Crippen molar-refractivity contribution in [2.45, 2.75) is 6.92 Å². The Morgan fingerprint density at radius 2 is 1.74 bits per heavy atom. The lowest BCUT2D eigenvalue weighted by Gasteiger charge is -2.09. The van der Waals surface area contributed by atoms with Gasteiger partial charge in [0.15, 0.2) is 0 Å². The van der Waals surface area contributed by atoms with Crippen LogP contribution in [0.3, 0.4) is 0 Å². The average Bonchev–Trinajstić information content (AvgIpc) is 2.83. The number of aryl methyl sites for hydroxylation is 1. The van der Waals surface area contributed by atoms with E-state index in [4.69, 9.17) is 21.1 Å². The minimum absolute atomic E-state index is 0.209. The van der Waals surface area contributed by atoms with E-state index in [1.807, 2.05) is 6.92 Å². The van der Waals surface area contributed by atoms with Crippen LogP contribution in [0.1, 0.15) is 21.5 Å². The normalized spacial score (nSPS) is 10.6. The van der Waals surface area contributed by atoms with Crippen LogP contribution in [0.5, 0.6) is 11.5 Å². The maximum absolute atomic E-state index is 12.5. The van der Waals surface area contributed by atoms with Crippen molar-refractivity contribution in [3.05, 3.63) is 86.8 Å². The van der Waals surface area contributed by atoms with E-state index in [0.29, 0.717) is 32.1 Å². The molecule has 8 nitrogen and oxygen atoms in total. The quantitative estimate of drug-likeness (QED) is 0.153. The molecule has 10 heteroatoms. The third-order valence-electron chi connectivity index (χ3n) is 4.51. The van der Waals surface area contributed by atoms with Crippen LogP contribution in [-0.4, -0.2) is 31.1 Å². The molecule has 3 rings (SSSR count). The zero-order valence-electron chi connectivity index (χ0n) is 18.1. The smallest absolute Gasteiger partial charge is 0.343 e. The highest BCUT2D eigenvalue weighted by Crippen LogP contribution is 2.23. The van der Waals surface area contributed by atoms with Gasteiger partial charge in [-0.05, 0) is 67.1 Å². The molecule has 0 atom stereocenters. The number of methoxy groups -OCH3 is 1. The molecule has 0 aliphatic rings. The van der Waals surface area contributed by atoms with E-state index in [2.05, 4.69) is 31.8 Å². The van der Waals surface area contributed by atoms with Gasteiger partial charge in [0.2, 0.25) is 0 Å². The highest BCUT2D eigenvalue weighted by Gasteiger charge is 2.15. The first-order valence-electron chi connectivity index (χ1n) is 9.83. The number of nitrogens with zero attached hydrogens (tertiary/aromatic N) is 1. The van der Waals surface area contributed by atoms with Crippen LogP contribution in [0.15, 0.2) is 70.2 Å². The summed E-state index contributed by atoms with van der Waals surface area (Å²) in [5, 5.41) is 6.70. The van der Waals surface area contributed by atoms with Crippen molar-refractivity contribution in [2.24, 2.45) is 5.10 Å². The maximum Gasteiger partial charge on any atom is 0.343 e. The number of carbonyl (C=O) groups excluding carboxylic acids is 3. The molecule has 3 aromatic carbocycles. The predicted molar refractivity (Wildman–Crippen MR) is 133 cm³/mol. The van der Waals surface area contributed by atoms with Gasteiger partial charge in [0.1, 0.15) is 11.5 Å². The Kier molecular flexibility index (Phi) is 8.39. The summed E-state index contributed by atoms with van der Waals surface area (Å²) in [7, 11) is 1.53. The number of hydrazone groups is 1. The second-order valence-electron chi connectivity index (χ2n) is 6.92. The second kappa shape index (κ2) is 11.4. The van der Waals surface area contributed by atoms with E-state index in [1.165, 1.54) is 19.4 Å². The second-order valence-corrected chi connectivity index (χ2v) is 8.24. The molecule has 0 radical (unpaired) electrons. The molecule has 0 unspecified atom stereocenters. The van der Waals surface area contributed by atoms with Crippen molar-refractivity contribution in [1.82, 2.24) is 5.43 Å². The van der Waals surface area contributed by atoms with Gasteiger partial charge in [-0.25, -0.2) is 10.2 Å². The van der Waals surface area contributed by atoms with Gasteiger partial charge in [-0.3, -0.25) is 9.59 Å². The molecule has 0 saturated heterocycles. The van der Waals surface area contributed by atoms with Gasteiger partial charge in [0, 0.05) is 20.7 Å². The number of esters is 1. The van der Waals surface area contributed by atoms with Crippen molar-refractivity contribution in [3.63, 3.8) is 0 Å². The summed E-state index contributed by atoms with van der Waals surface area (Å²) in [6, 6.07) is 16.2. The lowest BCUT2D eigenvalue weighted by Crippen LogP contribution is -2.32. The number of benzene rings is 3. The first kappa shape index (κ1) is 24.9. The Hall–Kier alpha value is -3.69. The van der Waals surface area contributed by atoms with Crippen LogP contribution in [0.2, 0.25) is 5.02 Å². The highest BCUT2D eigenvalue weighted by atomic mass is 79.9. The molecule has 2 amide bonds. The fourth-order valence-corrected chi connectivity index (χ4v) is 3.23. The molecule has 0 spiro atoms. The molecule has 0 fully saturated rings. The van der Waals surface area contributed by atoms with Crippen molar-refractivity contribution in [2.75, 3.05) is 12.4 Å². The molecule has 0 heterocycles. The molecule has 2 N–H and O–H groups in total. The monoisotopic (exact) mass is 543 g/mol. The van der Waals surface area contributed by atoms with Crippen LogP contribution < -0.4 is 20.2 Å². The SMILES string of the molecule is COc1ccc(C(=O)Oc2ccc(Br)cc2/C=N\NC(=O)C(=O)Nc2ccc(C)c(Cl)c2)cc1. The van der Waals surface area contributed by atoms with Gasteiger partial charge in [0.05, 0.1) is 18.9 Å². The lowest BCUT2D eigenvalue weighted by molar-refractivity contribution is -0.136. The minimum Gasteiger partial charge on any atom is -0.497 e. The number of anilines is 1. The average molecular weight is 545 g/mol. The summed E-state index contributed by atoms with van der Waals surface area (Å²) in [6.07, 6.45) is 1.26. The third kappa shape index (κ3) is 6.66. The van der Waals surface area contributed by atoms with Gasteiger partial charge < -0.3 is 14.8 Å². The number of halogens is 2. The maximum atomic E-state index is 12.5. The van der Waals surface area contributed by atoms with Crippen molar-refractivity contribution in [1.29, 1.82) is 0 Å². The Bertz CT molecular complexity index is 1260. The van der Waals surface area contributed by atoms with Crippen molar-refractivity contribution < 1.29 is 23.9 Å². The van der Waals surface area contributed by atoms with Crippen LogP contribution in [0.4, 0.5) is 5.69 Å². The summed E-state index contributed by atoms with van der Waals surface area (Å²) >= 11 is 9.36. The predicted octanol–water partition coefficient (Wildman–Crippen LogP) is 4.73. The number of nitrogens with one attached hydrogen (secondary N) is 2. The fraction of sp³-hybridized carbons (Fsp3) is 0.0833. The van der Waals surface area contributed by atoms with E-state index in [0.717, 1.165) is 5.56 Å². The summed E-state index contributed by atoms with van der Waals surface area (Å²) in [4.78, 5) is 36.7. The molecule has 0 aliphatic heterocycles. The Balaban J connectivity index is 1.66. The third-order valence-corrected chi connectivity index (χ3v) is 5.41. The Labute approximate surface area is 209 Å². The molecule has 0 bridgehead atoms. The van der Waals surface area contributed by atoms with Gasteiger partial charge in [-0.2, -0.15) is 5.10 Å². The highest BCUT2D eigenvalue weighted by molar-refractivity contribution is 9.10. The largest absolute Gasteiger partial charge is 0.497 e. The summed E-state index contributed by atoms with van der Waals surface area (Å²) in [6.45, 7) is 1.82. The standard InChI is InChI=1S/C24H19BrClN3O5/c1-14-3-7-18(12-20(14)26)28-22(30)23(31)29-27-13-16-11-17(25)6-10-21(16)34-24(32)15-4-8-19(33-2)9-5-15/h3-13H,1-2H3,(H,28,30)(H,29,31)/b27-13-. The van der Waals surface area contributed by atoms with E-state index < -0.39 is 17.8 Å². The van der Waals surface area contributed by atoms with Crippen molar-refractivity contribution >= 4 is 57.2 Å². The van der Waals surface area contributed by atoms with Crippen molar-refractivity contribution in [3.8, 4) is 11.5 Å². The number of hydrogen-bond acceptors (Lipinski definition) is 6. The number of hydrogen-bond donors (Lipinski definition) is 2. The minimum atomic E-state index is -0.986. The molecular weight excluding hydrogens is 526 g/mol. The molecular formula is C24H19BrClN3O5. The van der Waals surface area contributed by atoms with Gasteiger partial charge in [0.25, 0.3) is 0 Å². The fourth-order valence-electron chi connectivity index (χ4n) is 2.67. The van der Waals surface area contributed by atoms with Crippen LogP contribution in [0, 0.1) is 6.92 Å². The van der Waals surface area contributed by atoms with Crippen LogP contribution >= 0.6 is 27.5 Å². The number of ether oxygens (including phenoxy) is 2. The Morgan fingerprint density at radius 1 is 1.00 bits per heavy atom.